The maximum atomic E-state index is 5.03. The number of hydrogen-bond acceptors (Lipinski definition) is 3. The van der Waals surface area contributed by atoms with E-state index in [0.717, 1.165) is 5.56 Å². The minimum atomic E-state index is 1.15. The maximum Gasteiger partial charge on any atom is 0.0989 e. The van der Waals surface area contributed by atoms with Crippen LogP contribution in [0.25, 0.3) is 10.4 Å². The molecule has 0 radical (unpaired) electrons. The molecule has 0 bridgehead atoms. The Morgan fingerprint density at radius 3 is 2.77 bits per heavy atom. The van der Waals surface area contributed by atoms with Crippen LogP contribution in [0.4, 0.5) is 5.69 Å². The number of furan rings is 1. The highest BCUT2D eigenvalue weighted by atomic mass is 32.1. The SMILES string of the molecule is CN(C)c1csc(-c2ccoc2)c1. The van der Waals surface area contributed by atoms with E-state index in [9.17, 15) is 0 Å². The summed E-state index contributed by atoms with van der Waals surface area (Å²) in [6.45, 7) is 0. The maximum absolute atomic E-state index is 5.03. The van der Waals surface area contributed by atoms with E-state index in [1.54, 1.807) is 23.9 Å². The van der Waals surface area contributed by atoms with Crippen LogP contribution in [0.3, 0.4) is 0 Å². The summed E-state index contributed by atoms with van der Waals surface area (Å²) in [5, 5.41) is 2.14. The monoisotopic (exact) mass is 193 g/mol. The molecule has 2 aromatic heterocycles. The molecule has 2 nitrogen and oxygen atoms in total. The van der Waals surface area contributed by atoms with E-state index in [-0.39, 0.29) is 0 Å². The molecule has 0 aliphatic carbocycles. The van der Waals surface area contributed by atoms with Gasteiger partial charge in [-0.25, -0.2) is 0 Å². The van der Waals surface area contributed by atoms with Gasteiger partial charge in [0.05, 0.1) is 12.5 Å². The highest BCUT2D eigenvalue weighted by Gasteiger charge is 2.04. The first-order valence-corrected chi connectivity index (χ1v) is 4.94. The smallest absolute Gasteiger partial charge is 0.0989 e. The molecule has 2 aromatic rings. The van der Waals surface area contributed by atoms with Gasteiger partial charge < -0.3 is 9.32 Å². The van der Waals surface area contributed by atoms with Crippen LogP contribution >= 0.6 is 11.3 Å². The molecule has 0 saturated heterocycles. The Balaban J connectivity index is 2.33. The van der Waals surface area contributed by atoms with E-state index in [1.165, 1.54) is 10.6 Å². The first-order chi connectivity index (χ1) is 6.27. The third kappa shape index (κ3) is 1.60. The molecule has 0 fully saturated rings. The zero-order valence-corrected chi connectivity index (χ0v) is 8.47. The standard InChI is InChI=1S/C10H11NOS/c1-11(2)9-5-10(13-7-9)8-3-4-12-6-8/h3-7H,1-2H3. The molecule has 68 valence electrons. The molecule has 0 unspecified atom stereocenters. The van der Waals surface area contributed by atoms with E-state index < -0.39 is 0 Å². The lowest BCUT2D eigenvalue weighted by atomic mass is 10.3. The van der Waals surface area contributed by atoms with Gasteiger partial charge in [0.1, 0.15) is 0 Å². The third-order valence-corrected chi connectivity index (χ3v) is 2.87. The number of thiophene rings is 1. The fraction of sp³-hybridized carbons (Fsp3) is 0.200. The van der Waals surface area contributed by atoms with E-state index >= 15 is 0 Å². The summed E-state index contributed by atoms with van der Waals surface area (Å²) in [5.41, 5.74) is 2.39. The van der Waals surface area contributed by atoms with Crippen LogP contribution in [-0.4, -0.2) is 14.1 Å². The number of rotatable bonds is 2. The van der Waals surface area contributed by atoms with E-state index in [0.29, 0.717) is 0 Å². The van der Waals surface area contributed by atoms with Crippen molar-refractivity contribution in [1.29, 1.82) is 0 Å². The van der Waals surface area contributed by atoms with Crippen LogP contribution in [0, 0.1) is 0 Å². The number of hydrogen-bond donors (Lipinski definition) is 0. The van der Waals surface area contributed by atoms with E-state index in [2.05, 4.69) is 16.3 Å². The highest BCUT2D eigenvalue weighted by Crippen LogP contribution is 2.30. The summed E-state index contributed by atoms with van der Waals surface area (Å²) in [6.07, 6.45) is 3.47. The Morgan fingerprint density at radius 1 is 1.38 bits per heavy atom. The lowest BCUT2D eigenvalue weighted by Gasteiger charge is -2.07. The summed E-state index contributed by atoms with van der Waals surface area (Å²) in [4.78, 5) is 3.34. The van der Waals surface area contributed by atoms with Crippen molar-refractivity contribution in [2.45, 2.75) is 0 Å². The Bertz CT molecular complexity index is 375. The third-order valence-electron chi connectivity index (χ3n) is 1.91. The number of anilines is 1. The van der Waals surface area contributed by atoms with Crippen LogP contribution in [0.2, 0.25) is 0 Å². The second kappa shape index (κ2) is 3.26. The molecule has 0 aliphatic rings. The van der Waals surface area contributed by atoms with Gasteiger partial charge in [0.15, 0.2) is 0 Å². The van der Waals surface area contributed by atoms with Crippen LogP contribution in [0.15, 0.2) is 34.5 Å². The molecule has 0 atom stereocenters. The van der Waals surface area contributed by atoms with Crippen molar-refractivity contribution in [1.82, 2.24) is 0 Å². The van der Waals surface area contributed by atoms with E-state index in [1.807, 2.05) is 20.2 Å². The minimum absolute atomic E-state index is 1.15. The van der Waals surface area contributed by atoms with Gasteiger partial charge in [0.2, 0.25) is 0 Å². The van der Waals surface area contributed by atoms with Crippen molar-refractivity contribution in [2.75, 3.05) is 19.0 Å². The van der Waals surface area contributed by atoms with Crippen molar-refractivity contribution in [2.24, 2.45) is 0 Å². The summed E-state index contributed by atoms with van der Waals surface area (Å²) < 4.78 is 5.03. The Labute approximate surface area is 81.4 Å². The van der Waals surface area contributed by atoms with E-state index in [4.69, 9.17) is 4.42 Å². The average molecular weight is 193 g/mol. The molecule has 0 N–H and O–H groups in total. The summed E-state index contributed by atoms with van der Waals surface area (Å²) >= 11 is 1.73. The second-order valence-electron chi connectivity index (χ2n) is 3.08. The first-order valence-electron chi connectivity index (χ1n) is 4.06. The molecule has 0 spiro atoms. The van der Waals surface area contributed by atoms with Gasteiger partial charge in [-0.05, 0) is 12.1 Å². The Hall–Kier alpha value is -1.22. The van der Waals surface area contributed by atoms with Crippen molar-refractivity contribution < 1.29 is 4.42 Å². The minimum Gasteiger partial charge on any atom is -0.472 e. The lowest BCUT2D eigenvalue weighted by Crippen LogP contribution is -2.06. The number of nitrogens with zero attached hydrogens (tertiary/aromatic N) is 1. The van der Waals surface area contributed by atoms with Crippen LogP contribution < -0.4 is 4.90 Å². The second-order valence-corrected chi connectivity index (χ2v) is 3.99. The fourth-order valence-corrected chi connectivity index (χ4v) is 2.08. The fourth-order valence-electron chi connectivity index (χ4n) is 1.12. The molecule has 13 heavy (non-hydrogen) atoms. The predicted molar refractivity (Wildman–Crippen MR) is 56.3 cm³/mol. The molecular weight excluding hydrogens is 182 g/mol. The summed E-state index contributed by atoms with van der Waals surface area (Å²) in [5.74, 6) is 0. The zero-order chi connectivity index (χ0) is 9.26. The Kier molecular flexibility index (Phi) is 2.10. The van der Waals surface area contributed by atoms with Gasteiger partial charge in [-0.2, -0.15) is 0 Å². The predicted octanol–water partition coefficient (Wildman–Crippen LogP) is 3.07. The normalized spacial score (nSPS) is 10.3. The van der Waals surface area contributed by atoms with Gasteiger partial charge in [-0.15, -0.1) is 11.3 Å². The highest BCUT2D eigenvalue weighted by molar-refractivity contribution is 7.14. The molecule has 0 aromatic carbocycles. The van der Waals surface area contributed by atoms with Crippen LogP contribution in [0.5, 0.6) is 0 Å². The quantitative estimate of drug-likeness (QED) is 0.728. The van der Waals surface area contributed by atoms with Crippen molar-refractivity contribution in [3.63, 3.8) is 0 Å². The molecule has 0 aliphatic heterocycles. The van der Waals surface area contributed by atoms with Crippen LogP contribution in [0.1, 0.15) is 0 Å². The van der Waals surface area contributed by atoms with Gasteiger partial charge in [0, 0.05) is 35.6 Å². The molecule has 2 rings (SSSR count). The van der Waals surface area contributed by atoms with Gasteiger partial charge in [-0.1, -0.05) is 0 Å². The van der Waals surface area contributed by atoms with Crippen molar-refractivity contribution in [3.8, 4) is 10.4 Å². The van der Waals surface area contributed by atoms with Crippen molar-refractivity contribution >= 4 is 17.0 Å². The van der Waals surface area contributed by atoms with Crippen LogP contribution in [-0.2, 0) is 0 Å². The van der Waals surface area contributed by atoms with Gasteiger partial charge >= 0.3 is 0 Å². The largest absolute Gasteiger partial charge is 0.472 e. The first kappa shape index (κ1) is 8.38. The van der Waals surface area contributed by atoms with Gasteiger partial charge in [0.25, 0.3) is 0 Å². The summed E-state index contributed by atoms with van der Waals surface area (Å²) in [6, 6.07) is 4.14. The molecule has 0 amide bonds. The molecule has 2 heterocycles. The topological polar surface area (TPSA) is 16.4 Å². The summed E-state index contributed by atoms with van der Waals surface area (Å²) in [7, 11) is 4.09. The molecular formula is C10H11NOS. The average Bonchev–Trinajstić information content (AvgIpc) is 2.75. The molecule has 0 saturated carbocycles. The lowest BCUT2D eigenvalue weighted by molar-refractivity contribution is 0.568. The van der Waals surface area contributed by atoms with Crippen molar-refractivity contribution in [3.05, 3.63) is 30.0 Å². The molecule has 3 heteroatoms. The Morgan fingerprint density at radius 2 is 2.23 bits per heavy atom. The zero-order valence-electron chi connectivity index (χ0n) is 7.65. The van der Waals surface area contributed by atoms with Gasteiger partial charge in [-0.3, -0.25) is 0 Å².